The molecule has 1 aromatic carbocycles. The molecule has 9 nitrogen and oxygen atoms in total. The summed E-state index contributed by atoms with van der Waals surface area (Å²) in [6.07, 6.45) is 5.64. The molecule has 5 rings (SSSR count). The van der Waals surface area contributed by atoms with Gasteiger partial charge in [-0.3, -0.25) is 0 Å². The van der Waals surface area contributed by atoms with Crippen LogP contribution in [0.25, 0.3) is 16.8 Å². The maximum Gasteiger partial charge on any atom is 0.324 e. The van der Waals surface area contributed by atoms with Gasteiger partial charge in [-0.15, -0.1) is 0 Å². The van der Waals surface area contributed by atoms with Crippen LogP contribution in [0.5, 0.6) is 5.88 Å². The Balaban J connectivity index is 1.33. The van der Waals surface area contributed by atoms with Crippen LogP contribution in [0.3, 0.4) is 0 Å². The van der Waals surface area contributed by atoms with Crippen LogP contribution in [0.2, 0.25) is 0 Å². The molecule has 1 aliphatic rings. The second-order valence-electron chi connectivity index (χ2n) is 8.69. The van der Waals surface area contributed by atoms with Gasteiger partial charge in [0.15, 0.2) is 22.2 Å². The third-order valence-corrected chi connectivity index (χ3v) is 6.87. The van der Waals surface area contributed by atoms with E-state index in [0.29, 0.717) is 42.0 Å². The number of anilines is 1. The minimum atomic E-state index is -1.65. The molecular weight excluding hydrogens is 478 g/mol. The topological polar surface area (TPSA) is 105 Å². The Bertz CT molecular complexity index is 1350. The highest BCUT2D eigenvalue weighted by Crippen LogP contribution is 2.31. The van der Waals surface area contributed by atoms with E-state index in [1.54, 1.807) is 12.3 Å². The van der Waals surface area contributed by atoms with Gasteiger partial charge in [-0.1, -0.05) is 19.0 Å². The van der Waals surface area contributed by atoms with Crippen LogP contribution in [-0.2, 0) is 11.2 Å². The van der Waals surface area contributed by atoms with Gasteiger partial charge in [-0.2, -0.15) is 14.6 Å². The number of aromatic nitrogens is 5. The fourth-order valence-corrected chi connectivity index (χ4v) is 4.63. The Kier molecular flexibility index (Phi) is 6.32. The Labute approximate surface area is 203 Å². The molecule has 12 heteroatoms. The summed E-state index contributed by atoms with van der Waals surface area (Å²) >= 11 is -1.65. The van der Waals surface area contributed by atoms with Crippen LogP contribution < -0.4 is 9.64 Å². The zero-order chi connectivity index (χ0) is 24.7. The van der Waals surface area contributed by atoms with Crippen LogP contribution in [0.1, 0.15) is 38.4 Å². The van der Waals surface area contributed by atoms with Crippen LogP contribution >= 0.6 is 0 Å². The van der Waals surface area contributed by atoms with E-state index in [1.807, 2.05) is 18.7 Å². The maximum atomic E-state index is 14.8. The summed E-state index contributed by atoms with van der Waals surface area (Å²) in [5.41, 5.74) is 0.633. The van der Waals surface area contributed by atoms with Gasteiger partial charge in [0.1, 0.15) is 18.2 Å². The smallest absolute Gasteiger partial charge is 0.324 e. The van der Waals surface area contributed by atoms with Crippen molar-refractivity contribution < 1.29 is 22.6 Å². The highest BCUT2D eigenvalue weighted by atomic mass is 32.2. The van der Waals surface area contributed by atoms with E-state index in [2.05, 4.69) is 20.2 Å². The lowest BCUT2D eigenvalue weighted by atomic mass is 10.1. The van der Waals surface area contributed by atoms with Crippen molar-refractivity contribution in [3.63, 3.8) is 0 Å². The first-order chi connectivity index (χ1) is 16.8. The molecule has 0 saturated carbocycles. The molecule has 0 spiro atoms. The van der Waals surface area contributed by atoms with E-state index < -0.39 is 22.8 Å². The van der Waals surface area contributed by atoms with Gasteiger partial charge < -0.3 is 18.7 Å². The van der Waals surface area contributed by atoms with Gasteiger partial charge in [0.25, 0.3) is 0 Å². The van der Waals surface area contributed by atoms with E-state index >= 15 is 0 Å². The summed E-state index contributed by atoms with van der Waals surface area (Å²) in [6, 6.07) is 4.17. The third kappa shape index (κ3) is 4.55. The average molecular weight is 503 g/mol. The molecule has 35 heavy (non-hydrogen) atoms. The molecule has 4 aromatic rings. The summed E-state index contributed by atoms with van der Waals surface area (Å²) in [5.74, 6) is -0.121. The SMILES string of the molecule is CC(C)c1noc(N2CCC(Oc3ccnc4c(-c5cc(F)c([S+](C)[O-])cc5F)cnn34)CC2)n1. The summed E-state index contributed by atoms with van der Waals surface area (Å²) in [6.45, 7) is 5.41. The zero-order valence-corrected chi connectivity index (χ0v) is 20.3. The van der Waals surface area contributed by atoms with Gasteiger partial charge in [0, 0.05) is 61.3 Å². The Morgan fingerprint density at radius 2 is 1.94 bits per heavy atom. The molecule has 1 unspecified atom stereocenters. The number of rotatable bonds is 6. The minimum Gasteiger partial charge on any atom is -0.612 e. The van der Waals surface area contributed by atoms with E-state index in [9.17, 15) is 13.3 Å². The molecule has 184 valence electrons. The third-order valence-electron chi connectivity index (χ3n) is 5.94. The molecule has 0 N–H and O–H groups in total. The number of fused-ring (bicyclic) bond motifs is 1. The number of hydrogen-bond acceptors (Lipinski definition) is 8. The standard InChI is InChI=1S/C23H24F2N6O3S/c1-13(2)21-28-23(34-29-21)30-8-5-14(6-9-30)33-20-4-7-26-22-16(12-27-31(20)22)15-10-18(25)19(35(3)32)11-17(15)24/h4,7,10-14H,5-6,8-9H2,1-3H3. The number of ether oxygens (including phenoxy) is 1. The normalized spacial score (nSPS) is 15.8. The molecule has 0 amide bonds. The monoisotopic (exact) mass is 502 g/mol. The van der Waals surface area contributed by atoms with Crippen molar-refractivity contribution in [1.29, 1.82) is 0 Å². The molecule has 3 aromatic heterocycles. The molecule has 1 aliphatic heterocycles. The first-order valence-electron chi connectivity index (χ1n) is 11.2. The van der Waals surface area contributed by atoms with E-state index in [-0.39, 0.29) is 22.5 Å². The van der Waals surface area contributed by atoms with Gasteiger partial charge in [0.2, 0.25) is 5.88 Å². The summed E-state index contributed by atoms with van der Waals surface area (Å²) in [7, 11) is 0. The lowest BCUT2D eigenvalue weighted by molar-refractivity contribution is 0.158. The van der Waals surface area contributed by atoms with Gasteiger partial charge in [-0.25, -0.2) is 13.8 Å². The van der Waals surface area contributed by atoms with E-state index in [0.717, 1.165) is 25.0 Å². The lowest BCUT2D eigenvalue weighted by Crippen LogP contribution is -2.38. The van der Waals surface area contributed by atoms with Gasteiger partial charge in [0.05, 0.1) is 6.20 Å². The second kappa shape index (κ2) is 9.42. The average Bonchev–Trinajstić information content (AvgIpc) is 3.49. The predicted molar refractivity (Wildman–Crippen MR) is 125 cm³/mol. The van der Waals surface area contributed by atoms with Crippen molar-refractivity contribution in [1.82, 2.24) is 24.7 Å². The van der Waals surface area contributed by atoms with Crippen molar-refractivity contribution in [3.05, 3.63) is 48.1 Å². The second-order valence-corrected chi connectivity index (χ2v) is 10.0. The minimum absolute atomic E-state index is 0.00928. The number of nitrogens with zero attached hydrogens (tertiary/aromatic N) is 6. The highest BCUT2D eigenvalue weighted by molar-refractivity contribution is 7.90. The van der Waals surface area contributed by atoms with Crippen molar-refractivity contribution in [3.8, 4) is 17.0 Å². The van der Waals surface area contributed by atoms with E-state index in [4.69, 9.17) is 9.26 Å². The molecular formula is C23H24F2N6O3S. The predicted octanol–water partition coefficient (Wildman–Crippen LogP) is 3.97. The maximum absolute atomic E-state index is 14.8. The molecule has 0 bridgehead atoms. The van der Waals surface area contributed by atoms with E-state index in [1.165, 1.54) is 17.0 Å². The number of piperidine rings is 1. The number of benzene rings is 1. The van der Waals surface area contributed by atoms with Crippen molar-refractivity contribution in [2.24, 2.45) is 0 Å². The summed E-state index contributed by atoms with van der Waals surface area (Å²) in [5, 5.41) is 8.33. The van der Waals surface area contributed by atoms with Crippen molar-refractivity contribution in [2.75, 3.05) is 24.2 Å². The number of halogens is 2. The van der Waals surface area contributed by atoms with Gasteiger partial charge >= 0.3 is 6.01 Å². The number of hydrogen-bond donors (Lipinski definition) is 0. The first-order valence-corrected chi connectivity index (χ1v) is 12.8. The molecule has 1 fully saturated rings. The molecule has 0 aliphatic carbocycles. The Morgan fingerprint density at radius 1 is 1.17 bits per heavy atom. The zero-order valence-electron chi connectivity index (χ0n) is 19.4. The molecule has 1 atom stereocenters. The summed E-state index contributed by atoms with van der Waals surface area (Å²) < 4.78 is 53.9. The van der Waals surface area contributed by atoms with Gasteiger partial charge in [-0.05, 0) is 17.2 Å². The first kappa shape index (κ1) is 23.5. The quantitative estimate of drug-likeness (QED) is 0.365. The molecule has 1 saturated heterocycles. The van der Waals surface area contributed by atoms with Crippen molar-refractivity contribution in [2.45, 2.75) is 43.6 Å². The van der Waals surface area contributed by atoms with Crippen molar-refractivity contribution >= 4 is 22.8 Å². The Morgan fingerprint density at radius 3 is 2.63 bits per heavy atom. The van der Waals surface area contributed by atoms with Crippen LogP contribution in [0.4, 0.5) is 14.8 Å². The molecule has 4 heterocycles. The largest absolute Gasteiger partial charge is 0.612 e. The van der Waals surface area contributed by atoms with Crippen LogP contribution in [-0.4, -0.2) is 54.7 Å². The fourth-order valence-electron chi connectivity index (χ4n) is 4.03. The fraction of sp³-hybridized carbons (Fsp3) is 0.391. The summed E-state index contributed by atoms with van der Waals surface area (Å²) in [4.78, 5) is 10.6. The van der Waals surface area contributed by atoms with Crippen LogP contribution in [0.15, 0.2) is 40.0 Å². The molecule has 0 radical (unpaired) electrons. The van der Waals surface area contributed by atoms with Crippen LogP contribution in [0, 0.1) is 11.6 Å². The highest BCUT2D eigenvalue weighted by Gasteiger charge is 2.26. The Hall–Kier alpha value is -3.25. The lowest BCUT2D eigenvalue weighted by Gasteiger charge is -2.30.